The molecule has 0 aliphatic heterocycles. The van der Waals surface area contributed by atoms with E-state index in [1.807, 2.05) is 24.3 Å². The van der Waals surface area contributed by atoms with Crippen LogP contribution in [-0.2, 0) is 6.42 Å². The third-order valence-corrected chi connectivity index (χ3v) is 3.94. The van der Waals surface area contributed by atoms with Crippen molar-refractivity contribution in [3.63, 3.8) is 0 Å². The van der Waals surface area contributed by atoms with Gasteiger partial charge in [-0.2, -0.15) is 0 Å². The summed E-state index contributed by atoms with van der Waals surface area (Å²) in [5, 5.41) is 10.1. The van der Waals surface area contributed by atoms with Gasteiger partial charge < -0.3 is 20.1 Å². The van der Waals surface area contributed by atoms with E-state index in [0.29, 0.717) is 13.0 Å². The number of nitrogens with zero attached hydrogens (tertiary/aromatic N) is 2. The molecule has 0 bridgehead atoms. The highest BCUT2D eigenvalue weighted by atomic mass is 16.5. The highest BCUT2D eigenvalue weighted by Crippen LogP contribution is 2.25. The van der Waals surface area contributed by atoms with Gasteiger partial charge in [0.05, 0.1) is 25.1 Å². The van der Waals surface area contributed by atoms with Crippen molar-refractivity contribution in [2.75, 3.05) is 6.61 Å². The Balaban J connectivity index is 2.10. The Morgan fingerprint density at radius 3 is 2.79 bits per heavy atom. The number of aliphatic hydroxyl groups excluding tert-OH is 1. The Labute approximate surface area is 142 Å². The van der Waals surface area contributed by atoms with Crippen LogP contribution in [0, 0.1) is 0 Å². The third-order valence-electron chi connectivity index (χ3n) is 3.94. The lowest BCUT2D eigenvalue weighted by molar-refractivity contribution is 0.0994. The largest absolute Gasteiger partial charge is 0.493 e. The number of carbonyl (C=O) groups excluding carboxylic acids is 1. The molecule has 2 atom stereocenters. The summed E-state index contributed by atoms with van der Waals surface area (Å²) in [5.74, 6) is 0.309. The van der Waals surface area contributed by atoms with Crippen LogP contribution in [0.3, 0.4) is 0 Å². The van der Waals surface area contributed by atoms with Crippen molar-refractivity contribution in [2.45, 2.75) is 45.3 Å². The fourth-order valence-corrected chi connectivity index (χ4v) is 2.65. The van der Waals surface area contributed by atoms with E-state index in [1.54, 1.807) is 17.7 Å². The number of hydrogen-bond donors (Lipinski definition) is 2. The molecule has 0 radical (unpaired) electrons. The zero-order valence-electron chi connectivity index (χ0n) is 14.2. The van der Waals surface area contributed by atoms with Crippen LogP contribution < -0.4 is 10.5 Å². The number of ether oxygens (including phenoxy) is 1. The van der Waals surface area contributed by atoms with Crippen LogP contribution in [0.15, 0.2) is 36.8 Å². The Morgan fingerprint density at radius 1 is 1.42 bits per heavy atom. The van der Waals surface area contributed by atoms with Crippen molar-refractivity contribution < 1.29 is 14.6 Å². The Hall–Kier alpha value is -2.34. The molecule has 0 fully saturated rings. The minimum absolute atomic E-state index is 0.190. The van der Waals surface area contributed by atoms with Crippen molar-refractivity contribution >= 4 is 5.91 Å². The van der Waals surface area contributed by atoms with Crippen LogP contribution in [0.1, 0.15) is 48.8 Å². The number of primary amides is 1. The average molecular weight is 331 g/mol. The molecule has 3 N–H and O–H groups in total. The lowest BCUT2D eigenvalue weighted by Crippen LogP contribution is -2.21. The molecular formula is C18H25N3O3. The van der Waals surface area contributed by atoms with Gasteiger partial charge in [0.25, 0.3) is 5.91 Å². The number of imidazole rings is 1. The second-order valence-electron chi connectivity index (χ2n) is 5.87. The first kappa shape index (κ1) is 18.0. The number of aromatic nitrogens is 2. The van der Waals surface area contributed by atoms with Crippen LogP contribution in [0.5, 0.6) is 5.75 Å². The SMILES string of the molecule is CCCOc1ccccc1CC[C@H]([C@@H](C)O)n1cnc(C(N)=O)c1. The van der Waals surface area contributed by atoms with Gasteiger partial charge in [0, 0.05) is 6.20 Å². The number of rotatable bonds is 9. The number of nitrogens with two attached hydrogens (primary N) is 1. The highest BCUT2D eigenvalue weighted by molar-refractivity contribution is 5.90. The second kappa shape index (κ2) is 8.49. The molecule has 2 rings (SSSR count). The van der Waals surface area contributed by atoms with Crippen LogP contribution >= 0.6 is 0 Å². The van der Waals surface area contributed by atoms with E-state index in [0.717, 1.165) is 24.2 Å². The van der Waals surface area contributed by atoms with Crippen LogP contribution in [0.2, 0.25) is 0 Å². The summed E-state index contributed by atoms with van der Waals surface area (Å²) in [4.78, 5) is 15.2. The molecule has 1 amide bonds. The summed E-state index contributed by atoms with van der Waals surface area (Å²) in [6, 6.07) is 7.74. The molecule has 1 aromatic carbocycles. The van der Waals surface area contributed by atoms with Gasteiger partial charge in [0.1, 0.15) is 11.4 Å². The number of aryl methyl sites for hydroxylation is 1. The number of para-hydroxylation sites is 1. The van der Waals surface area contributed by atoms with Gasteiger partial charge in [0.2, 0.25) is 0 Å². The summed E-state index contributed by atoms with van der Waals surface area (Å²) in [6.45, 7) is 4.48. The molecule has 0 saturated heterocycles. The molecule has 0 unspecified atom stereocenters. The number of carbonyl (C=O) groups is 1. The molecule has 0 saturated carbocycles. The van der Waals surface area contributed by atoms with E-state index in [4.69, 9.17) is 10.5 Å². The predicted octanol–water partition coefficient (Wildman–Crippen LogP) is 2.33. The minimum Gasteiger partial charge on any atom is -0.493 e. The quantitative estimate of drug-likeness (QED) is 0.738. The fraction of sp³-hybridized carbons (Fsp3) is 0.444. The summed E-state index contributed by atoms with van der Waals surface area (Å²) in [5.41, 5.74) is 6.55. The predicted molar refractivity (Wildman–Crippen MR) is 92.0 cm³/mol. The standard InChI is InChI=1S/C18H25N3O3/c1-3-10-24-17-7-5-4-6-14(17)8-9-16(13(2)22)21-11-15(18(19)23)20-12-21/h4-7,11-13,16,22H,3,8-10H2,1-2H3,(H2,19,23)/t13-,16-/m1/s1. The van der Waals surface area contributed by atoms with Crippen molar-refractivity contribution in [1.29, 1.82) is 0 Å². The molecule has 6 nitrogen and oxygen atoms in total. The fourth-order valence-electron chi connectivity index (χ4n) is 2.65. The van der Waals surface area contributed by atoms with Gasteiger partial charge in [0.15, 0.2) is 0 Å². The topological polar surface area (TPSA) is 90.4 Å². The second-order valence-corrected chi connectivity index (χ2v) is 5.87. The first-order valence-electron chi connectivity index (χ1n) is 8.25. The molecule has 6 heteroatoms. The normalized spacial score (nSPS) is 13.5. The smallest absolute Gasteiger partial charge is 0.268 e. The first-order valence-corrected chi connectivity index (χ1v) is 8.25. The summed E-state index contributed by atoms with van der Waals surface area (Å²) < 4.78 is 7.53. The molecule has 24 heavy (non-hydrogen) atoms. The van der Waals surface area contributed by atoms with E-state index in [2.05, 4.69) is 11.9 Å². The van der Waals surface area contributed by atoms with Gasteiger partial charge in [-0.25, -0.2) is 4.98 Å². The highest BCUT2D eigenvalue weighted by Gasteiger charge is 2.19. The molecule has 1 heterocycles. The van der Waals surface area contributed by atoms with Gasteiger partial charge in [-0.1, -0.05) is 25.1 Å². The van der Waals surface area contributed by atoms with E-state index in [-0.39, 0.29) is 11.7 Å². The third kappa shape index (κ3) is 4.58. The van der Waals surface area contributed by atoms with Gasteiger partial charge >= 0.3 is 0 Å². The monoisotopic (exact) mass is 331 g/mol. The van der Waals surface area contributed by atoms with Gasteiger partial charge in [-0.3, -0.25) is 4.79 Å². The minimum atomic E-state index is -0.580. The number of hydrogen-bond acceptors (Lipinski definition) is 4. The summed E-state index contributed by atoms with van der Waals surface area (Å²) in [7, 11) is 0. The van der Waals surface area contributed by atoms with E-state index < -0.39 is 12.0 Å². The van der Waals surface area contributed by atoms with E-state index >= 15 is 0 Å². The molecule has 0 aliphatic rings. The molecule has 0 spiro atoms. The maximum absolute atomic E-state index is 11.2. The van der Waals surface area contributed by atoms with E-state index in [1.165, 1.54) is 6.33 Å². The van der Waals surface area contributed by atoms with Crippen molar-refractivity contribution in [3.8, 4) is 5.75 Å². The van der Waals surface area contributed by atoms with Crippen molar-refractivity contribution in [2.24, 2.45) is 5.73 Å². The average Bonchev–Trinajstić information content (AvgIpc) is 3.03. The maximum atomic E-state index is 11.2. The molecule has 130 valence electrons. The molecule has 0 aliphatic carbocycles. The lowest BCUT2D eigenvalue weighted by Gasteiger charge is -2.22. The Bertz CT molecular complexity index is 667. The van der Waals surface area contributed by atoms with Crippen LogP contribution in [0.25, 0.3) is 0 Å². The number of benzene rings is 1. The molecular weight excluding hydrogens is 306 g/mol. The lowest BCUT2D eigenvalue weighted by atomic mass is 10.0. The molecule has 2 aromatic rings. The zero-order chi connectivity index (χ0) is 17.5. The van der Waals surface area contributed by atoms with E-state index in [9.17, 15) is 9.90 Å². The Kier molecular flexibility index (Phi) is 6.37. The number of aliphatic hydroxyl groups is 1. The first-order chi connectivity index (χ1) is 11.5. The number of amides is 1. The zero-order valence-corrected chi connectivity index (χ0v) is 14.2. The molecule has 1 aromatic heterocycles. The summed E-state index contributed by atoms with van der Waals surface area (Å²) >= 11 is 0. The van der Waals surface area contributed by atoms with Crippen molar-refractivity contribution in [3.05, 3.63) is 48.0 Å². The summed E-state index contributed by atoms with van der Waals surface area (Å²) in [6.07, 6.45) is 4.94. The van der Waals surface area contributed by atoms with Crippen LogP contribution in [0.4, 0.5) is 0 Å². The van der Waals surface area contributed by atoms with Gasteiger partial charge in [-0.15, -0.1) is 0 Å². The van der Waals surface area contributed by atoms with Gasteiger partial charge in [-0.05, 0) is 37.8 Å². The van der Waals surface area contributed by atoms with Crippen molar-refractivity contribution in [1.82, 2.24) is 9.55 Å². The maximum Gasteiger partial charge on any atom is 0.268 e. The Morgan fingerprint density at radius 2 is 2.17 bits per heavy atom. The van der Waals surface area contributed by atoms with Crippen LogP contribution in [-0.4, -0.2) is 33.3 Å².